The largest absolute Gasteiger partial charge is 0.463 e. The molecule has 10 heteroatoms. The second-order valence-corrected chi connectivity index (χ2v) is 8.42. The van der Waals surface area contributed by atoms with Gasteiger partial charge in [-0.25, -0.2) is 0 Å². The number of ether oxygens (including phenoxy) is 1. The number of aliphatic hydroxyl groups excluding tert-OH is 2. The summed E-state index contributed by atoms with van der Waals surface area (Å²) in [6, 6.07) is 7.51. The molecule has 1 saturated heterocycles. The molecule has 2 N–H and O–H groups in total. The third-order valence-corrected chi connectivity index (χ3v) is 7.25. The molecule has 28 heavy (non-hydrogen) atoms. The molecule has 8 nitrogen and oxygen atoms in total. The van der Waals surface area contributed by atoms with Crippen LogP contribution in [0.4, 0.5) is 5.69 Å². The van der Waals surface area contributed by atoms with Gasteiger partial charge in [0.1, 0.15) is 29.8 Å². The van der Waals surface area contributed by atoms with E-state index in [1.165, 1.54) is 18.2 Å². The zero-order valence-corrected chi connectivity index (χ0v) is 17.8. The summed E-state index contributed by atoms with van der Waals surface area (Å²) in [5.41, 5.74) is 0.800. The smallest absolute Gasteiger partial charge is 0.269 e. The first-order valence-corrected chi connectivity index (χ1v) is 10.2. The van der Waals surface area contributed by atoms with E-state index in [1.54, 1.807) is 19.1 Å². The minimum absolute atomic E-state index is 0.0216. The third kappa shape index (κ3) is 4.06. The number of hydrogen-bond acceptors (Lipinski definition) is 7. The number of ketones is 1. The Hall–Kier alpha value is -1.59. The van der Waals surface area contributed by atoms with Crippen LogP contribution in [-0.4, -0.2) is 44.6 Å². The van der Waals surface area contributed by atoms with E-state index in [0.29, 0.717) is 16.9 Å². The molecule has 2 aromatic rings. The summed E-state index contributed by atoms with van der Waals surface area (Å²) in [7, 11) is 0. The van der Waals surface area contributed by atoms with E-state index in [4.69, 9.17) is 9.15 Å². The number of nitro benzene ring substituents is 1. The van der Waals surface area contributed by atoms with Crippen LogP contribution in [0.15, 0.2) is 34.7 Å². The maximum absolute atomic E-state index is 12.9. The maximum Gasteiger partial charge on any atom is 0.269 e. The quantitative estimate of drug-likeness (QED) is 0.260. The van der Waals surface area contributed by atoms with Crippen molar-refractivity contribution in [1.29, 1.82) is 0 Å². The number of aryl methyl sites for hydroxylation is 1. The second-order valence-electron chi connectivity index (χ2n) is 6.45. The minimum Gasteiger partial charge on any atom is -0.463 e. The lowest BCUT2D eigenvalue weighted by molar-refractivity contribution is -0.384. The Morgan fingerprint density at radius 2 is 2.04 bits per heavy atom. The van der Waals surface area contributed by atoms with Gasteiger partial charge in [0.25, 0.3) is 5.69 Å². The molecule has 0 radical (unpaired) electrons. The molecule has 1 fully saturated rings. The van der Waals surface area contributed by atoms with Crippen molar-refractivity contribution in [2.45, 2.75) is 34.9 Å². The number of non-ortho nitro benzene ring substituents is 1. The minimum atomic E-state index is -1.14. The van der Waals surface area contributed by atoms with Gasteiger partial charge in [0, 0.05) is 12.1 Å². The Morgan fingerprint density at radius 3 is 2.64 bits per heavy atom. The van der Waals surface area contributed by atoms with E-state index in [-0.39, 0.29) is 23.8 Å². The number of furan rings is 1. The number of rotatable bonds is 6. The van der Waals surface area contributed by atoms with Crippen LogP contribution in [0.25, 0.3) is 0 Å². The van der Waals surface area contributed by atoms with E-state index in [9.17, 15) is 25.1 Å². The van der Waals surface area contributed by atoms with Crippen LogP contribution in [-0.2, 0) is 4.74 Å². The number of alkyl halides is 2. The van der Waals surface area contributed by atoms with Crippen molar-refractivity contribution in [3.63, 3.8) is 0 Å². The van der Waals surface area contributed by atoms with E-state index >= 15 is 0 Å². The summed E-state index contributed by atoms with van der Waals surface area (Å²) >= 11 is 6.79. The number of halogens is 2. The lowest BCUT2D eigenvalue weighted by atomic mass is 10.0. The average molecular weight is 519 g/mol. The van der Waals surface area contributed by atoms with E-state index in [2.05, 4.69) is 31.9 Å². The molecule has 150 valence electrons. The van der Waals surface area contributed by atoms with Gasteiger partial charge in [0.05, 0.1) is 26.7 Å². The molecule has 1 aromatic carbocycles. The summed E-state index contributed by atoms with van der Waals surface area (Å²) < 4.78 is 10.9. The van der Waals surface area contributed by atoms with Crippen LogP contribution in [0.3, 0.4) is 0 Å². The van der Waals surface area contributed by atoms with Crippen LogP contribution < -0.4 is 0 Å². The number of carbonyl (C=O) groups is 1. The molecule has 0 saturated carbocycles. The summed E-state index contributed by atoms with van der Waals surface area (Å²) in [6.45, 7) is 1.59. The summed E-state index contributed by atoms with van der Waals surface area (Å²) in [6.07, 6.45) is -3.00. The van der Waals surface area contributed by atoms with Gasteiger partial charge in [-0.1, -0.05) is 44.0 Å². The molecular formula is C18H17Br2NO7. The number of nitro groups is 1. The van der Waals surface area contributed by atoms with Crippen molar-refractivity contribution >= 4 is 43.3 Å². The predicted octanol–water partition coefficient (Wildman–Crippen LogP) is 3.37. The molecule has 0 amide bonds. The van der Waals surface area contributed by atoms with Crippen LogP contribution in [0.5, 0.6) is 0 Å². The molecule has 0 bridgehead atoms. The highest BCUT2D eigenvalue weighted by atomic mass is 79.9. The molecule has 1 aliphatic rings. The van der Waals surface area contributed by atoms with Gasteiger partial charge in [-0.2, -0.15) is 0 Å². The third-order valence-electron chi connectivity index (χ3n) is 4.54. The first kappa shape index (κ1) is 21.1. The van der Waals surface area contributed by atoms with Gasteiger partial charge in [0.15, 0.2) is 5.78 Å². The summed E-state index contributed by atoms with van der Waals surface area (Å²) in [4.78, 5) is 22.2. The number of carbonyl (C=O) groups excluding carboxylic acids is 1. The van der Waals surface area contributed by atoms with E-state index < -0.39 is 32.9 Å². The van der Waals surface area contributed by atoms with Crippen LogP contribution in [0.2, 0.25) is 0 Å². The average Bonchev–Trinajstić information content (AvgIpc) is 3.22. The Kier molecular flexibility index (Phi) is 6.35. The Balaban J connectivity index is 1.82. The summed E-state index contributed by atoms with van der Waals surface area (Å²) in [5, 5.41) is 30.6. The number of nitrogens with zero attached hydrogens (tertiary/aromatic N) is 1. The number of Topliss-reactive ketones (excluding diaryl/α,β-unsaturated/α-hetero) is 1. The van der Waals surface area contributed by atoms with Crippen molar-refractivity contribution in [2.24, 2.45) is 0 Å². The maximum atomic E-state index is 12.9. The predicted molar refractivity (Wildman–Crippen MR) is 106 cm³/mol. The Bertz CT molecular complexity index is 900. The zero-order chi connectivity index (χ0) is 20.6. The molecule has 1 aliphatic heterocycles. The SMILES string of the molecule is Cc1oc(C2OC[C@@H](O)[C@H]2O)cc1C(=O)C(Br)C(Br)c1cccc([N+](=O)[O-])c1. The lowest BCUT2D eigenvalue weighted by Gasteiger charge is -2.15. The zero-order valence-electron chi connectivity index (χ0n) is 14.6. The second kappa shape index (κ2) is 8.42. The molecule has 3 rings (SSSR count). The number of benzene rings is 1. The van der Waals surface area contributed by atoms with E-state index in [1.807, 2.05) is 0 Å². The molecule has 5 atom stereocenters. The summed E-state index contributed by atoms with van der Waals surface area (Å²) in [5.74, 6) is 0.306. The first-order chi connectivity index (χ1) is 13.2. The molecular weight excluding hydrogens is 502 g/mol. The van der Waals surface area contributed by atoms with Gasteiger partial charge in [-0.15, -0.1) is 0 Å². The highest BCUT2D eigenvalue weighted by Gasteiger charge is 2.39. The van der Waals surface area contributed by atoms with E-state index in [0.717, 1.165) is 0 Å². The molecule has 2 heterocycles. The van der Waals surface area contributed by atoms with Gasteiger partial charge < -0.3 is 19.4 Å². The normalized spacial score (nSPS) is 24.1. The Labute approximate surface area is 176 Å². The van der Waals surface area contributed by atoms with Crippen molar-refractivity contribution < 1.29 is 29.1 Å². The highest BCUT2D eigenvalue weighted by Crippen LogP contribution is 2.37. The Morgan fingerprint density at radius 1 is 1.32 bits per heavy atom. The van der Waals surface area contributed by atoms with Crippen LogP contribution >= 0.6 is 31.9 Å². The van der Waals surface area contributed by atoms with Gasteiger partial charge in [-0.05, 0) is 18.6 Å². The van der Waals surface area contributed by atoms with Gasteiger partial charge >= 0.3 is 0 Å². The number of hydrogen-bond donors (Lipinski definition) is 2. The fraction of sp³-hybridized carbons (Fsp3) is 0.389. The van der Waals surface area contributed by atoms with Crippen molar-refractivity contribution in [3.05, 3.63) is 63.1 Å². The first-order valence-electron chi connectivity index (χ1n) is 8.35. The highest BCUT2D eigenvalue weighted by molar-refractivity contribution is 9.12. The fourth-order valence-electron chi connectivity index (χ4n) is 3.00. The molecule has 0 spiro atoms. The number of aliphatic hydroxyl groups is 2. The van der Waals surface area contributed by atoms with Crippen molar-refractivity contribution in [1.82, 2.24) is 0 Å². The molecule has 0 aliphatic carbocycles. The topological polar surface area (TPSA) is 123 Å². The van der Waals surface area contributed by atoms with Crippen LogP contribution in [0, 0.1) is 17.0 Å². The van der Waals surface area contributed by atoms with Crippen LogP contribution in [0.1, 0.15) is 38.4 Å². The van der Waals surface area contributed by atoms with Crippen molar-refractivity contribution in [3.8, 4) is 0 Å². The standard InChI is InChI=1S/C18H17Br2NO7/c1-8-11(6-13(28-8)18-17(24)12(22)7-27-18)16(23)15(20)14(19)9-3-2-4-10(5-9)21(25)26/h2-6,12,14-15,17-18,22,24H,7H2,1H3/t12-,14?,15?,17-,18?/m1/s1. The lowest BCUT2D eigenvalue weighted by Crippen LogP contribution is -2.24. The molecule has 1 aromatic heterocycles. The van der Waals surface area contributed by atoms with Crippen molar-refractivity contribution in [2.75, 3.05) is 6.61 Å². The van der Waals surface area contributed by atoms with Gasteiger partial charge in [-0.3, -0.25) is 14.9 Å². The monoisotopic (exact) mass is 517 g/mol. The molecule has 3 unspecified atom stereocenters. The fourth-order valence-corrected chi connectivity index (χ4v) is 4.08. The van der Waals surface area contributed by atoms with Gasteiger partial charge in [0.2, 0.25) is 0 Å².